The van der Waals surface area contributed by atoms with E-state index in [0.29, 0.717) is 5.56 Å². The summed E-state index contributed by atoms with van der Waals surface area (Å²) in [6.45, 7) is 0.179. The quantitative estimate of drug-likeness (QED) is 0.776. The summed E-state index contributed by atoms with van der Waals surface area (Å²) in [4.78, 5) is 11.6. The van der Waals surface area contributed by atoms with Gasteiger partial charge < -0.3 is 9.47 Å². The van der Waals surface area contributed by atoms with Crippen LogP contribution in [0.25, 0.3) is 0 Å². The number of benzene rings is 1. The molecule has 0 aliphatic carbocycles. The van der Waals surface area contributed by atoms with Crippen molar-refractivity contribution in [3.05, 3.63) is 28.8 Å². The van der Waals surface area contributed by atoms with Gasteiger partial charge in [-0.2, -0.15) is 14.0 Å². The first-order valence-corrected chi connectivity index (χ1v) is 5.16. The molecule has 0 N–H and O–H groups in total. The average molecular weight is 255 g/mol. The van der Waals surface area contributed by atoms with E-state index in [9.17, 15) is 13.6 Å². The molecule has 96 valence electrons. The summed E-state index contributed by atoms with van der Waals surface area (Å²) in [5, 5.41) is 8.97. The Morgan fingerprint density at radius 3 is 2.67 bits per heavy atom. The fourth-order valence-corrected chi connectivity index (χ4v) is 1.42. The van der Waals surface area contributed by atoms with Crippen molar-refractivity contribution < 1.29 is 23.0 Å². The summed E-state index contributed by atoms with van der Waals surface area (Å²) in [6.07, 6.45) is 0. The maximum atomic E-state index is 12.2. The number of esters is 1. The summed E-state index contributed by atoms with van der Waals surface area (Å²) in [7, 11) is 0. The van der Waals surface area contributed by atoms with E-state index in [1.807, 2.05) is 0 Å². The van der Waals surface area contributed by atoms with Gasteiger partial charge in [-0.1, -0.05) is 6.07 Å². The van der Waals surface area contributed by atoms with Gasteiger partial charge in [0.1, 0.15) is 17.4 Å². The van der Waals surface area contributed by atoms with Crippen molar-refractivity contribution in [2.75, 3.05) is 6.61 Å². The van der Waals surface area contributed by atoms with Crippen LogP contribution in [0, 0.1) is 18.3 Å². The van der Waals surface area contributed by atoms with Gasteiger partial charge in [0.25, 0.3) is 0 Å². The van der Waals surface area contributed by atoms with Crippen LogP contribution in [0.2, 0.25) is 0 Å². The van der Waals surface area contributed by atoms with Gasteiger partial charge in [0.15, 0.2) is 0 Å². The number of nitrogens with zero attached hydrogens (tertiary/aromatic N) is 1. The molecular formula is C12H11F2NO3. The number of hydrogen-bond donors (Lipinski definition) is 0. The Kier molecular flexibility index (Phi) is 4.60. The van der Waals surface area contributed by atoms with Crippen LogP contribution >= 0.6 is 0 Å². The van der Waals surface area contributed by atoms with Gasteiger partial charge in [0.2, 0.25) is 0 Å². The lowest BCUT2D eigenvalue weighted by molar-refractivity contribution is -0.0505. The standard InChI is InChI=1S/C12H11F2NO3/c1-3-17-11(16)8-5-4-7(2)10(9(8)6-15)18-12(13)14/h4-5,12H,3H2,1-2H3. The van der Waals surface area contributed by atoms with Crippen LogP contribution in [0.4, 0.5) is 8.78 Å². The van der Waals surface area contributed by atoms with Gasteiger partial charge in [-0.15, -0.1) is 0 Å². The maximum absolute atomic E-state index is 12.2. The van der Waals surface area contributed by atoms with E-state index in [0.717, 1.165) is 0 Å². The molecular weight excluding hydrogens is 244 g/mol. The van der Waals surface area contributed by atoms with E-state index in [-0.39, 0.29) is 23.5 Å². The number of carbonyl (C=O) groups excluding carboxylic acids is 1. The fraction of sp³-hybridized carbons (Fsp3) is 0.333. The number of halogens is 2. The van der Waals surface area contributed by atoms with Crippen LogP contribution in [0.3, 0.4) is 0 Å². The third-order valence-electron chi connectivity index (χ3n) is 2.17. The molecule has 0 aliphatic rings. The van der Waals surface area contributed by atoms with Crippen LogP contribution in [-0.4, -0.2) is 19.2 Å². The van der Waals surface area contributed by atoms with E-state index < -0.39 is 12.6 Å². The van der Waals surface area contributed by atoms with Crippen LogP contribution < -0.4 is 4.74 Å². The molecule has 0 heterocycles. The molecule has 0 radical (unpaired) electrons. The number of carbonyl (C=O) groups is 1. The van der Waals surface area contributed by atoms with E-state index in [1.165, 1.54) is 19.1 Å². The third kappa shape index (κ3) is 2.94. The van der Waals surface area contributed by atoms with Crippen molar-refractivity contribution in [2.45, 2.75) is 20.5 Å². The number of alkyl halides is 2. The van der Waals surface area contributed by atoms with Crippen LogP contribution in [0.1, 0.15) is 28.4 Å². The molecule has 0 aromatic heterocycles. The number of ether oxygens (including phenoxy) is 2. The molecule has 0 spiro atoms. The maximum Gasteiger partial charge on any atom is 0.387 e. The van der Waals surface area contributed by atoms with Gasteiger partial charge in [-0.25, -0.2) is 4.79 Å². The summed E-state index contributed by atoms with van der Waals surface area (Å²) in [6, 6.07) is 4.46. The first kappa shape index (κ1) is 13.9. The summed E-state index contributed by atoms with van der Waals surface area (Å²) < 4.78 is 33.5. The number of rotatable bonds is 4. The molecule has 0 aliphatic heterocycles. The molecule has 0 saturated carbocycles. The van der Waals surface area contributed by atoms with Crippen molar-refractivity contribution in [1.29, 1.82) is 5.26 Å². The van der Waals surface area contributed by atoms with E-state index in [1.54, 1.807) is 13.0 Å². The molecule has 0 amide bonds. The summed E-state index contributed by atoms with van der Waals surface area (Å²) in [5.41, 5.74) is 0.0225. The minimum Gasteiger partial charge on any atom is -0.462 e. The van der Waals surface area contributed by atoms with E-state index >= 15 is 0 Å². The summed E-state index contributed by atoms with van der Waals surface area (Å²) >= 11 is 0. The lowest BCUT2D eigenvalue weighted by atomic mass is 10.0. The molecule has 0 fully saturated rings. The highest BCUT2D eigenvalue weighted by Crippen LogP contribution is 2.28. The Balaban J connectivity index is 3.30. The molecule has 18 heavy (non-hydrogen) atoms. The van der Waals surface area contributed by atoms with Crippen LogP contribution in [0.5, 0.6) is 5.75 Å². The van der Waals surface area contributed by atoms with E-state index in [2.05, 4.69) is 4.74 Å². The van der Waals surface area contributed by atoms with Gasteiger partial charge in [-0.3, -0.25) is 0 Å². The van der Waals surface area contributed by atoms with Crippen molar-refractivity contribution in [2.24, 2.45) is 0 Å². The van der Waals surface area contributed by atoms with Crippen molar-refractivity contribution in [3.63, 3.8) is 0 Å². The highest BCUT2D eigenvalue weighted by molar-refractivity contribution is 5.93. The zero-order chi connectivity index (χ0) is 13.7. The molecule has 0 unspecified atom stereocenters. The van der Waals surface area contributed by atoms with Crippen molar-refractivity contribution in [3.8, 4) is 11.8 Å². The smallest absolute Gasteiger partial charge is 0.387 e. The SMILES string of the molecule is CCOC(=O)c1ccc(C)c(OC(F)F)c1C#N. The Morgan fingerprint density at radius 1 is 1.50 bits per heavy atom. The second-order valence-corrected chi connectivity index (χ2v) is 3.34. The van der Waals surface area contributed by atoms with Crippen molar-refractivity contribution in [1.82, 2.24) is 0 Å². The minimum atomic E-state index is -3.06. The molecule has 6 heteroatoms. The van der Waals surface area contributed by atoms with E-state index in [4.69, 9.17) is 10.00 Å². The van der Waals surface area contributed by atoms with Crippen molar-refractivity contribution >= 4 is 5.97 Å². The lowest BCUT2D eigenvalue weighted by Crippen LogP contribution is -2.11. The predicted molar refractivity (Wildman–Crippen MR) is 58.5 cm³/mol. The molecule has 0 atom stereocenters. The largest absolute Gasteiger partial charge is 0.462 e. The second kappa shape index (κ2) is 5.96. The number of aryl methyl sites for hydroxylation is 1. The zero-order valence-corrected chi connectivity index (χ0v) is 9.87. The molecule has 0 bridgehead atoms. The monoisotopic (exact) mass is 255 g/mol. The van der Waals surface area contributed by atoms with Gasteiger partial charge in [0, 0.05) is 0 Å². The number of nitriles is 1. The summed E-state index contributed by atoms with van der Waals surface area (Å²) in [5.74, 6) is -1.04. The second-order valence-electron chi connectivity index (χ2n) is 3.34. The zero-order valence-electron chi connectivity index (χ0n) is 9.87. The first-order valence-electron chi connectivity index (χ1n) is 5.16. The Bertz CT molecular complexity index is 495. The predicted octanol–water partition coefficient (Wildman–Crippen LogP) is 2.64. The van der Waals surface area contributed by atoms with Crippen LogP contribution in [0.15, 0.2) is 12.1 Å². The molecule has 1 rings (SSSR count). The lowest BCUT2D eigenvalue weighted by Gasteiger charge is -2.12. The molecule has 0 saturated heterocycles. The van der Waals surface area contributed by atoms with Gasteiger partial charge >= 0.3 is 12.6 Å². The highest BCUT2D eigenvalue weighted by Gasteiger charge is 2.20. The first-order chi connectivity index (χ1) is 8.51. The molecule has 1 aromatic rings. The highest BCUT2D eigenvalue weighted by atomic mass is 19.3. The average Bonchev–Trinajstić information content (AvgIpc) is 2.31. The topological polar surface area (TPSA) is 59.3 Å². The Hall–Kier alpha value is -2.16. The third-order valence-corrected chi connectivity index (χ3v) is 2.17. The Labute approximate surface area is 103 Å². The number of hydrogen-bond acceptors (Lipinski definition) is 4. The minimum absolute atomic E-state index is 0.0828. The molecule has 4 nitrogen and oxygen atoms in total. The normalized spacial score (nSPS) is 10.0. The van der Waals surface area contributed by atoms with Crippen LogP contribution in [-0.2, 0) is 4.74 Å². The fourth-order valence-electron chi connectivity index (χ4n) is 1.42. The molecule has 1 aromatic carbocycles. The van der Waals surface area contributed by atoms with Gasteiger partial charge in [-0.05, 0) is 25.5 Å². The Morgan fingerprint density at radius 2 is 2.17 bits per heavy atom. The van der Waals surface area contributed by atoms with Gasteiger partial charge in [0.05, 0.1) is 12.2 Å².